The molecule has 0 saturated carbocycles. The SMILES string of the molecule is CCc1cccnc1CN1CCN2CCCC2C1. The van der Waals surface area contributed by atoms with Gasteiger partial charge in [-0.2, -0.15) is 0 Å². The first-order valence-corrected chi connectivity index (χ1v) is 7.26. The van der Waals surface area contributed by atoms with Crippen LogP contribution in [0.2, 0.25) is 0 Å². The quantitative estimate of drug-likeness (QED) is 0.811. The topological polar surface area (TPSA) is 19.4 Å². The maximum atomic E-state index is 4.57. The summed E-state index contributed by atoms with van der Waals surface area (Å²) in [4.78, 5) is 9.83. The zero-order chi connectivity index (χ0) is 12.4. The minimum Gasteiger partial charge on any atom is -0.298 e. The van der Waals surface area contributed by atoms with Gasteiger partial charge in [0.2, 0.25) is 0 Å². The van der Waals surface area contributed by atoms with Crippen molar-refractivity contribution in [3.63, 3.8) is 0 Å². The average molecular weight is 245 g/mol. The van der Waals surface area contributed by atoms with Crippen molar-refractivity contribution in [1.82, 2.24) is 14.8 Å². The van der Waals surface area contributed by atoms with Crippen molar-refractivity contribution < 1.29 is 0 Å². The van der Waals surface area contributed by atoms with Gasteiger partial charge in [0.15, 0.2) is 0 Å². The Hall–Kier alpha value is -0.930. The third kappa shape index (κ3) is 2.43. The molecule has 2 aliphatic rings. The molecule has 98 valence electrons. The van der Waals surface area contributed by atoms with Crippen LogP contribution in [-0.2, 0) is 13.0 Å². The second-order valence-electron chi connectivity index (χ2n) is 5.53. The Labute approximate surface area is 110 Å². The smallest absolute Gasteiger partial charge is 0.0575 e. The number of nitrogens with zero attached hydrogens (tertiary/aromatic N) is 3. The summed E-state index contributed by atoms with van der Waals surface area (Å²) >= 11 is 0. The van der Waals surface area contributed by atoms with Crippen LogP contribution in [0.1, 0.15) is 31.0 Å². The Kier molecular flexibility index (Phi) is 3.62. The van der Waals surface area contributed by atoms with Crippen molar-refractivity contribution in [3.8, 4) is 0 Å². The van der Waals surface area contributed by atoms with Crippen molar-refractivity contribution in [2.24, 2.45) is 0 Å². The minimum absolute atomic E-state index is 0.813. The second kappa shape index (κ2) is 5.37. The molecule has 3 rings (SSSR count). The third-order valence-corrected chi connectivity index (χ3v) is 4.41. The van der Waals surface area contributed by atoms with Crippen LogP contribution >= 0.6 is 0 Å². The molecule has 0 amide bonds. The summed E-state index contributed by atoms with van der Waals surface area (Å²) in [7, 11) is 0. The maximum Gasteiger partial charge on any atom is 0.0575 e. The predicted molar refractivity (Wildman–Crippen MR) is 73.5 cm³/mol. The van der Waals surface area contributed by atoms with Crippen LogP contribution in [0.3, 0.4) is 0 Å². The number of rotatable bonds is 3. The number of aromatic nitrogens is 1. The van der Waals surface area contributed by atoms with Crippen molar-refractivity contribution in [2.45, 2.75) is 38.8 Å². The molecule has 2 aliphatic heterocycles. The molecule has 1 atom stereocenters. The lowest BCUT2D eigenvalue weighted by atomic mass is 10.1. The Bertz CT molecular complexity index is 404. The highest BCUT2D eigenvalue weighted by Gasteiger charge is 2.30. The molecular formula is C15H23N3. The normalized spacial score (nSPS) is 25.3. The molecule has 3 heterocycles. The van der Waals surface area contributed by atoms with Crippen LogP contribution in [-0.4, -0.2) is 47.0 Å². The Morgan fingerprint density at radius 1 is 1.33 bits per heavy atom. The summed E-state index contributed by atoms with van der Waals surface area (Å²) in [6.07, 6.45) is 5.80. The lowest BCUT2D eigenvalue weighted by Crippen LogP contribution is -2.49. The first-order chi connectivity index (χ1) is 8.86. The van der Waals surface area contributed by atoms with Crippen LogP contribution in [0.4, 0.5) is 0 Å². The zero-order valence-corrected chi connectivity index (χ0v) is 11.3. The zero-order valence-electron chi connectivity index (χ0n) is 11.3. The molecule has 0 radical (unpaired) electrons. The Morgan fingerprint density at radius 3 is 3.17 bits per heavy atom. The fraction of sp³-hybridized carbons (Fsp3) is 0.667. The molecular weight excluding hydrogens is 222 g/mol. The first-order valence-electron chi connectivity index (χ1n) is 7.26. The van der Waals surface area contributed by atoms with E-state index in [-0.39, 0.29) is 0 Å². The summed E-state index contributed by atoms with van der Waals surface area (Å²) in [5.41, 5.74) is 2.69. The van der Waals surface area contributed by atoms with Crippen LogP contribution in [0, 0.1) is 0 Å². The van der Waals surface area contributed by atoms with E-state index in [1.54, 1.807) is 0 Å². The third-order valence-electron chi connectivity index (χ3n) is 4.41. The van der Waals surface area contributed by atoms with Gasteiger partial charge in [0.05, 0.1) is 5.69 Å². The molecule has 18 heavy (non-hydrogen) atoms. The summed E-state index contributed by atoms with van der Waals surface area (Å²) in [6.45, 7) is 8.26. The standard InChI is InChI=1S/C15H23N3/c1-2-13-5-3-7-16-15(13)12-17-9-10-18-8-4-6-14(18)11-17/h3,5,7,14H,2,4,6,8-12H2,1H3. The van der Waals surface area contributed by atoms with Crippen LogP contribution in [0.5, 0.6) is 0 Å². The van der Waals surface area contributed by atoms with E-state index >= 15 is 0 Å². The van der Waals surface area contributed by atoms with Gasteiger partial charge in [-0.05, 0) is 37.4 Å². The monoisotopic (exact) mass is 245 g/mol. The molecule has 0 aromatic carbocycles. The van der Waals surface area contributed by atoms with Gasteiger partial charge in [-0.1, -0.05) is 13.0 Å². The van der Waals surface area contributed by atoms with Gasteiger partial charge in [0.1, 0.15) is 0 Å². The Balaban J connectivity index is 1.66. The van der Waals surface area contributed by atoms with E-state index in [4.69, 9.17) is 0 Å². The highest BCUT2D eigenvalue weighted by atomic mass is 15.3. The van der Waals surface area contributed by atoms with Crippen molar-refractivity contribution in [2.75, 3.05) is 26.2 Å². The molecule has 2 fully saturated rings. The van der Waals surface area contributed by atoms with Gasteiger partial charge in [-0.3, -0.25) is 14.8 Å². The van der Waals surface area contributed by atoms with Gasteiger partial charge in [0.25, 0.3) is 0 Å². The summed E-state index contributed by atoms with van der Waals surface area (Å²) in [5.74, 6) is 0. The molecule has 3 heteroatoms. The second-order valence-corrected chi connectivity index (χ2v) is 5.53. The van der Waals surface area contributed by atoms with E-state index in [1.165, 1.54) is 50.3 Å². The minimum atomic E-state index is 0.813. The van der Waals surface area contributed by atoms with Crippen molar-refractivity contribution >= 4 is 0 Å². The first kappa shape index (κ1) is 12.1. The Morgan fingerprint density at radius 2 is 2.28 bits per heavy atom. The van der Waals surface area contributed by atoms with E-state index in [0.29, 0.717) is 0 Å². The molecule has 3 nitrogen and oxygen atoms in total. The molecule has 2 saturated heterocycles. The van der Waals surface area contributed by atoms with Crippen LogP contribution < -0.4 is 0 Å². The summed E-state index contributed by atoms with van der Waals surface area (Å²) < 4.78 is 0. The number of hydrogen-bond acceptors (Lipinski definition) is 3. The van der Waals surface area contributed by atoms with Crippen LogP contribution in [0.25, 0.3) is 0 Å². The molecule has 0 aliphatic carbocycles. The van der Waals surface area contributed by atoms with Gasteiger partial charge < -0.3 is 0 Å². The fourth-order valence-corrected chi connectivity index (χ4v) is 3.35. The van der Waals surface area contributed by atoms with Gasteiger partial charge in [-0.15, -0.1) is 0 Å². The predicted octanol–water partition coefficient (Wildman–Crippen LogP) is 1.92. The van der Waals surface area contributed by atoms with E-state index < -0.39 is 0 Å². The number of aryl methyl sites for hydroxylation is 1. The lowest BCUT2D eigenvalue weighted by molar-refractivity contribution is 0.0982. The van der Waals surface area contributed by atoms with Gasteiger partial charge >= 0.3 is 0 Å². The molecule has 1 aromatic rings. The van der Waals surface area contributed by atoms with E-state index in [1.807, 2.05) is 6.20 Å². The lowest BCUT2D eigenvalue weighted by Gasteiger charge is -2.37. The fourth-order valence-electron chi connectivity index (χ4n) is 3.35. The molecule has 0 bridgehead atoms. The molecule has 1 aromatic heterocycles. The maximum absolute atomic E-state index is 4.57. The summed E-state index contributed by atoms with van der Waals surface area (Å²) in [6, 6.07) is 5.08. The van der Waals surface area contributed by atoms with Gasteiger partial charge in [0, 0.05) is 38.4 Å². The van der Waals surface area contributed by atoms with Gasteiger partial charge in [-0.25, -0.2) is 0 Å². The van der Waals surface area contributed by atoms with E-state index in [9.17, 15) is 0 Å². The van der Waals surface area contributed by atoms with Crippen molar-refractivity contribution in [1.29, 1.82) is 0 Å². The number of pyridine rings is 1. The molecule has 0 N–H and O–H groups in total. The highest BCUT2D eigenvalue weighted by Crippen LogP contribution is 2.22. The van der Waals surface area contributed by atoms with Crippen molar-refractivity contribution in [3.05, 3.63) is 29.6 Å². The van der Waals surface area contributed by atoms with Crippen LogP contribution in [0.15, 0.2) is 18.3 Å². The van der Waals surface area contributed by atoms with E-state index in [0.717, 1.165) is 19.0 Å². The highest BCUT2D eigenvalue weighted by molar-refractivity contribution is 5.19. The molecule has 1 unspecified atom stereocenters. The number of fused-ring (bicyclic) bond motifs is 1. The number of hydrogen-bond donors (Lipinski definition) is 0. The molecule has 0 spiro atoms. The average Bonchev–Trinajstić information content (AvgIpc) is 2.87. The summed E-state index contributed by atoms with van der Waals surface area (Å²) in [5, 5.41) is 0. The number of piperazine rings is 1. The largest absolute Gasteiger partial charge is 0.298 e. The van der Waals surface area contributed by atoms with E-state index in [2.05, 4.69) is 33.8 Å².